The number of amides is 1. The molecule has 2 N–H and O–H groups in total. The first-order chi connectivity index (χ1) is 9.00. The lowest BCUT2D eigenvalue weighted by Gasteiger charge is -2.10. The first-order valence-electron chi connectivity index (χ1n) is 5.92. The summed E-state index contributed by atoms with van der Waals surface area (Å²) in [6.45, 7) is 4.31. The molecule has 0 radical (unpaired) electrons. The summed E-state index contributed by atoms with van der Waals surface area (Å²) < 4.78 is 4.85. The van der Waals surface area contributed by atoms with E-state index in [0.717, 1.165) is 6.42 Å². The fourth-order valence-electron chi connectivity index (χ4n) is 1.25. The minimum absolute atomic E-state index is 0.0371. The van der Waals surface area contributed by atoms with Gasteiger partial charge in [-0.2, -0.15) is 5.48 Å². The fraction of sp³-hybridized carbons (Fsp3) is 0.385. The number of hydrogen-bond acceptors (Lipinski definition) is 4. The van der Waals surface area contributed by atoms with E-state index in [-0.39, 0.29) is 17.9 Å². The van der Waals surface area contributed by atoms with E-state index in [9.17, 15) is 9.59 Å². The second-order valence-electron chi connectivity index (χ2n) is 4.32. The Kier molecular flexibility index (Phi) is 5.66. The molecule has 1 rings (SSSR count). The van der Waals surface area contributed by atoms with Crippen molar-refractivity contribution in [1.29, 1.82) is 0 Å². The molecule has 0 spiro atoms. The Hall–Kier alpha value is -2.24. The molecule has 1 aromatic carbocycles. The van der Waals surface area contributed by atoms with E-state index in [0.29, 0.717) is 5.92 Å². The van der Waals surface area contributed by atoms with Crippen molar-refractivity contribution in [3.8, 4) is 5.75 Å². The normalized spacial score (nSPS) is 10.1. The SMILES string of the molecule is CC(C)CCOC(=O)NOc1ccccc1C(=O)O. The predicted molar refractivity (Wildman–Crippen MR) is 68.0 cm³/mol. The van der Waals surface area contributed by atoms with Crippen molar-refractivity contribution in [2.45, 2.75) is 20.3 Å². The largest absolute Gasteiger partial charge is 0.478 e. The summed E-state index contributed by atoms with van der Waals surface area (Å²) in [5.41, 5.74) is 2.01. The molecule has 0 aliphatic rings. The first-order valence-corrected chi connectivity index (χ1v) is 5.92. The van der Waals surface area contributed by atoms with Crippen molar-refractivity contribution in [2.24, 2.45) is 5.92 Å². The van der Waals surface area contributed by atoms with Gasteiger partial charge in [-0.25, -0.2) is 9.59 Å². The molecule has 0 bridgehead atoms. The maximum atomic E-state index is 11.3. The molecule has 0 atom stereocenters. The zero-order valence-corrected chi connectivity index (χ0v) is 10.9. The van der Waals surface area contributed by atoms with E-state index < -0.39 is 12.1 Å². The lowest BCUT2D eigenvalue weighted by atomic mass is 10.1. The number of nitrogens with one attached hydrogen (secondary N) is 1. The van der Waals surface area contributed by atoms with Crippen LogP contribution in [0.4, 0.5) is 4.79 Å². The molecular weight excluding hydrogens is 250 g/mol. The lowest BCUT2D eigenvalue weighted by Crippen LogP contribution is -2.28. The van der Waals surface area contributed by atoms with Crippen LogP contribution in [-0.2, 0) is 4.74 Å². The maximum absolute atomic E-state index is 11.3. The molecule has 0 saturated heterocycles. The standard InChI is InChI=1S/C13H17NO5/c1-9(2)7-8-18-13(17)14-19-11-6-4-3-5-10(11)12(15)16/h3-6,9H,7-8H2,1-2H3,(H,14,17)(H,15,16). The van der Waals surface area contributed by atoms with Crippen molar-refractivity contribution in [3.63, 3.8) is 0 Å². The van der Waals surface area contributed by atoms with Crippen LogP contribution in [0.25, 0.3) is 0 Å². The molecule has 1 amide bonds. The van der Waals surface area contributed by atoms with E-state index in [1.165, 1.54) is 12.1 Å². The average molecular weight is 267 g/mol. The van der Waals surface area contributed by atoms with E-state index in [2.05, 4.69) is 0 Å². The summed E-state index contributed by atoms with van der Waals surface area (Å²) >= 11 is 0. The van der Waals surface area contributed by atoms with Gasteiger partial charge in [-0.15, -0.1) is 0 Å². The maximum Gasteiger partial charge on any atom is 0.440 e. The van der Waals surface area contributed by atoms with Gasteiger partial charge in [0.1, 0.15) is 5.56 Å². The van der Waals surface area contributed by atoms with Gasteiger partial charge in [0.25, 0.3) is 0 Å². The molecule has 6 heteroatoms. The van der Waals surface area contributed by atoms with E-state index in [1.54, 1.807) is 12.1 Å². The lowest BCUT2D eigenvalue weighted by molar-refractivity contribution is 0.0678. The van der Waals surface area contributed by atoms with Crippen LogP contribution in [0.15, 0.2) is 24.3 Å². The number of carbonyl (C=O) groups is 2. The summed E-state index contributed by atoms with van der Waals surface area (Å²) in [6, 6.07) is 5.99. The Morgan fingerprint density at radius 2 is 2.00 bits per heavy atom. The quantitative estimate of drug-likeness (QED) is 0.773. The van der Waals surface area contributed by atoms with Gasteiger partial charge in [0, 0.05) is 0 Å². The highest BCUT2D eigenvalue weighted by molar-refractivity contribution is 5.90. The van der Waals surface area contributed by atoms with Gasteiger partial charge in [0.05, 0.1) is 6.61 Å². The minimum Gasteiger partial charge on any atom is -0.478 e. The zero-order chi connectivity index (χ0) is 14.3. The van der Waals surface area contributed by atoms with Gasteiger partial charge in [-0.3, -0.25) is 0 Å². The molecular formula is C13H17NO5. The summed E-state index contributed by atoms with van der Waals surface area (Å²) in [4.78, 5) is 27.1. The van der Waals surface area contributed by atoms with E-state index >= 15 is 0 Å². The minimum atomic E-state index is -1.13. The number of carboxylic acid groups (broad SMARTS) is 1. The second-order valence-corrected chi connectivity index (χ2v) is 4.32. The Labute approximate surface area is 111 Å². The number of carbonyl (C=O) groups excluding carboxylic acids is 1. The molecule has 1 aromatic rings. The van der Waals surface area contributed by atoms with Crippen LogP contribution in [0, 0.1) is 5.92 Å². The Balaban J connectivity index is 2.44. The monoisotopic (exact) mass is 267 g/mol. The van der Waals surface area contributed by atoms with Gasteiger partial charge in [-0.05, 0) is 24.5 Å². The molecule has 0 aliphatic heterocycles. The Morgan fingerprint density at radius 3 is 2.63 bits per heavy atom. The predicted octanol–water partition coefficient (Wildman–Crippen LogP) is 2.45. The molecule has 6 nitrogen and oxygen atoms in total. The third-order valence-electron chi connectivity index (χ3n) is 2.29. The van der Waals surface area contributed by atoms with Crippen LogP contribution >= 0.6 is 0 Å². The number of para-hydroxylation sites is 1. The van der Waals surface area contributed by atoms with Crippen LogP contribution in [0.3, 0.4) is 0 Å². The highest BCUT2D eigenvalue weighted by Gasteiger charge is 2.12. The number of carboxylic acids is 1. The topological polar surface area (TPSA) is 84.9 Å². The van der Waals surface area contributed by atoms with E-state index in [4.69, 9.17) is 14.7 Å². The highest BCUT2D eigenvalue weighted by atomic mass is 16.7. The van der Waals surface area contributed by atoms with Gasteiger partial charge in [0.2, 0.25) is 0 Å². The van der Waals surface area contributed by atoms with Crippen molar-refractivity contribution in [3.05, 3.63) is 29.8 Å². The number of rotatable bonds is 6. The van der Waals surface area contributed by atoms with Crippen molar-refractivity contribution in [1.82, 2.24) is 5.48 Å². The molecule has 0 heterocycles. The number of ether oxygens (including phenoxy) is 1. The van der Waals surface area contributed by atoms with Crippen LogP contribution in [0.2, 0.25) is 0 Å². The third-order valence-corrected chi connectivity index (χ3v) is 2.29. The van der Waals surface area contributed by atoms with Gasteiger partial charge < -0.3 is 14.7 Å². The fourth-order valence-corrected chi connectivity index (χ4v) is 1.25. The summed E-state index contributed by atoms with van der Waals surface area (Å²) in [5.74, 6) is -0.650. The third kappa shape index (κ3) is 5.29. The van der Waals surface area contributed by atoms with Gasteiger partial charge in [-0.1, -0.05) is 26.0 Å². The molecule has 0 aromatic heterocycles. The van der Waals surface area contributed by atoms with Crippen molar-refractivity contribution >= 4 is 12.1 Å². The smallest absolute Gasteiger partial charge is 0.440 e. The number of aromatic carboxylic acids is 1. The average Bonchev–Trinajstić information content (AvgIpc) is 2.36. The van der Waals surface area contributed by atoms with Gasteiger partial charge >= 0.3 is 12.1 Å². The number of hydroxylamine groups is 1. The molecule has 19 heavy (non-hydrogen) atoms. The van der Waals surface area contributed by atoms with Crippen molar-refractivity contribution < 1.29 is 24.3 Å². The second kappa shape index (κ2) is 7.25. The molecule has 0 aliphatic carbocycles. The number of hydrogen-bond donors (Lipinski definition) is 2. The van der Waals surface area contributed by atoms with E-state index in [1.807, 2.05) is 19.3 Å². The Bertz CT molecular complexity index is 444. The Morgan fingerprint density at radius 1 is 1.32 bits per heavy atom. The highest BCUT2D eigenvalue weighted by Crippen LogP contribution is 2.16. The first kappa shape index (κ1) is 14.8. The number of benzene rings is 1. The molecule has 0 unspecified atom stereocenters. The summed E-state index contributed by atoms with van der Waals surface area (Å²) in [7, 11) is 0. The van der Waals surface area contributed by atoms with Crippen LogP contribution in [-0.4, -0.2) is 23.8 Å². The van der Waals surface area contributed by atoms with Gasteiger partial charge in [0.15, 0.2) is 5.75 Å². The van der Waals surface area contributed by atoms with Crippen LogP contribution in [0.1, 0.15) is 30.6 Å². The molecule has 0 saturated carbocycles. The van der Waals surface area contributed by atoms with Crippen molar-refractivity contribution in [2.75, 3.05) is 6.61 Å². The summed E-state index contributed by atoms with van der Waals surface area (Å²) in [5, 5.41) is 8.91. The summed E-state index contributed by atoms with van der Waals surface area (Å²) in [6.07, 6.45) is -0.0000807. The van der Waals surface area contributed by atoms with Crippen LogP contribution in [0.5, 0.6) is 5.75 Å². The van der Waals surface area contributed by atoms with Crippen LogP contribution < -0.4 is 10.3 Å². The molecule has 104 valence electrons. The molecule has 0 fully saturated rings. The zero-order valence-electron chi connectivity index (χ0n) is 10.9.